The van der Waals surface area contributed by atoms with Crippen molar-refractivity contribution in [1.82, 2.24) is 35.3 Å². The van der Waals surface area contributed by atoms with E-state index in [4.69, 9.17) is 8.83 Å². The molecule has 0 amide bonds. The van der Waals surface area contributed by atoms with Crippen molar-refractivity contribution in [3.05, 3.63) is 139 Å². The summed E-state index contributed by atoms with van der Waals surface area (Å²) in [6.45, 7) is 13.8. The van der Waals surface area contributed by atoms with Crippen molar-refractivity contribution in [3.63, 3.8) is 0 Å². The van der Waals surface area contributed by atoms with Gasteiger partial charge in [0.15, 0.2) is 0 Å². The van der Waals surface area contributed by atoms with Gasteiger partial charge in [-0.05, 0) is 74.4 Å². The number of nitrogens with zero attached hydrogens (tertiary/aromatic N) is 7. The Balaban J connectivity index is 0.00000235. The fourth-order valence-corrected chi connectivity index (χ4v) is 4.18. The number of allylic oxidation sites excluding steroid dienone is 11. The molecule has 0 bridgehead atoms. The third-order valence-electron chi connectivity index (χ3n) is 6.36. The molecule has 9 nitrogen and oxygen atoms in total. The van der Waals surface area contributed by atoms with Crippen LogP contribution in [0.25, 0.3) is 45.3 Å². The molecule has 0 aliphatic carbocycles. The van der Waals surface area contributed by atoms with Crippen LogP contribution in [-0.2, 0) is 0 Å². The maximum absolute atomic E-state index is 6.10. The standard InChI is InChI=1S/C35H31N7O2.C2H6/c1-5-13-26(16-11-15-24(3)28-17-7-9-21-36-28)33-40-41-34(44-33)27(14-6-2)23-25(4)32-39-42-35(43-32)31-20-12-19-30(38-31)29-18-8-10-22-37-29;1-2/h6-23H,2,5H2,1,3-4H3;1-2H3/b16-11-,24-15+,25-23+,26-13+,27-14+;. The van der Waals surface area contributed by atoms with Gasteiger partial charge in [-0.25, -0.2) is 4.98 Å². The molecule has 5 aromatic heterocycles. The van der Waals surface area contributed by atoms with Crippen LogP contribution < -0.4 is 0 Å². The van der Waals surface area contributed by atoms with Crippen LogP contribution in [0.5, 0.6) is 0 Å². The number of hydrogen-bond donors (Lipinski definition) is 0. The van der Waals surface area contributed by atoms with Gasteiger partial charge in [0.05, 0.1) is 17.1 Å². The molecule has 0 aliphatic rings. The Hall–Kier alpha value is -5.83. The van der Waals surface area contributed by atoms with Gasteiger partial charge in [-0.3, -0.25) is 9.97 Å². The van der Waals surface area contributed by atoms with E-state index in [9.17, 15) is 0 Å². The first-order valence-electron chi connectivity index (χ1n) is 15.1. The Labute approximate surface area is 269 Å². The Morgan fingerprint density at radius 1 is 0.717 bits per heavy atom. The lowest BCUT2D eigenvalue weighted by Gasteiger charge is -2.01. The summed E-state index contributed by atoms with van der Waals surface area (Å²) >= 11 is 0. The van der Waals surface area contributed by atoms with Crippen molar-refractivity contribution >= 4 is 22.3 Å². The molecule has 0 aliphatic heterocycles. The van der Waals surface area contributed by atoms with Gasteiger partial charge in [0.25, 0.3) is 5.89 Å². The second-order valence-electron chi connectivity index (χ2n) is 9.62. The molecule has 232 valence electrons. The molecule has 0 aromatic carbocycles. The minimum Gasteiger partial charge on any atom is -0.416 e. The first-order chi connectivity index (χ1) is 22.6. The largest absolute Gasteiger partial charge is 0.416 e. The van der Waals surface area contributed by atoms with Crippen molar-refractivity contribution in [2.75, 3.05) is 0 Å². The molecule has 0 atom stereocenters. The van der Waals surface area contributed by atoms with Crippen LogP contribution in [0.3, 0.4) is 0 Å². The molecule has 0 saturated heterocycles. The smallest absolute Gasteiger partial charge is 0.266 e. The van der Waals surface area contributed by atoms with Crippen molar-refractivity contribution in [2.45, 2.75) is 41.0 Å². The van der Waals surface area contributed by atoms with Crippen LogP contribution in [0, 0.1) is 0 Å². The SMILES string of the molecule is C=C/C=C(\C=C(/C)c1nnc(-c2cccc(-c3ccccn3)n2)o1)c1nnc(C(/C=C\C=C(/C)c2ccccn2)=C/CC)o1.CC. The third-order valence-corrected chi connectivity index (χ3v) is 6.36. The van der Waals surface area contributed by atoms with Crippen molar-refractivity contribution in [2.24, 2.45) is 0 Å². The van der Waals surface area contributed by atoms with E-state index < -0.39 is 0 Å². The Bertz CT molecular complexity index is 1880. The van der Waals surface area contributed by atoms with Gasteiger partial charge >= 0.3 is 0 Å². The highest BCUT2D eigenvalue weighted by atomic mass is 16.4. The van der Waals surface area contributed by atoms with E-state index in [-0.39, 0.29) is 0 Å². The summed E-state index contributed by atoms with van der Waals surface area (Å²) in [6, 6.07) is 17.1. The quantitative estimate of drug-likeness (QED) is 0.135. The van der Waals surface area contributed by atoms with Crippen LogP contribution in [-0.4, -0.2) is 35.3 Å². The number of pyridine rings is 3. The van der Waals surface area contributed by atoms with E-state index in [0.717, 1.165) is 29.0 Å². The fraction of sp³-hybridized carbons (Fsp3) is 0.162. The van der Waals surface area contributed by atoms with E-state index in [0.29, 0.717) is 46.1 Å². The van der Waals surface area contributed by atoms with Crippen LogP contribution in [0.15, 0.2) is 125 Å². The summed E-state index contributed by atoms with van der Waals surface area (Å²) in [5, 5.41) is 17.1. The van der Waals surface area contributed by atoms with E-state index in [1.807, 2.05) is 113 Å². The molecule has 0 saturated carbocycles. The summed E-state index contributed by atoms with van der Waals surface area (Å²) < 4.78 is 12.1. The number of aromatic nitrogens is 7. The molecule has 0 radical (unpaired) electrons. The van der Waals surface area contributed by atoms with Gasteiger partial charge in [-0.1, -0.05) is 75.9 Å². The summed E-state index contributed by atoms with van der Waals surface area (Å²) in [5.74, 6) is 1.37. The van der Waals surface area contributed by atoms with Crippen LogP contribution >= 0.6 is 0 Å². The third kappa shape index (κ3) is 8.63. The molecule has 0 fully saturated rings. The van der Waals surface area contributed by atoms with Gasteiger partial charge < -0.3 is 8.83 Å². The molecular formula is C37H37N7O2. The Kier molecular flexibility index (Phi) is 12.1. The minimum atomic E-state index is 0.299. The lowest BCUT2D eigenvalue weighted by molar-refractivity contribution is 0.526. The summed E-state index contributed by atoms with van der Waals surface area (Å²) in [4.78, 5) is 13.4. The zero-order chi connectivity index (χ0) is 32.7. The van der Waals surface area contributed by atoms with E-state index >= 15 is 0 Å². The number of hydrogen-bond acceptors (Lipinski definition) is 9. The van der Waals surface area contributed by atoms with Gasteiger partial charge in [-0.15, -0.1) is 20.4 Å². The highest BCUT2D eigenvalue weighted by Gasteiger charge is 2.16. The second kappa shape index (κ2) is 16.9. The van der Waals surface area contributed by atoms with Crippen molar-refractivity contribution in [1.29, 1.82) is 0 Å². The van der Waals surface area contributed by atoms with Crippen LogP contribution in [0.1, 0.15) is 64.4 Å². The van der Waals surface area contributed by atoms with Crippen molar-refractivity contribution < 1.29 is 8.83 Å². The molecule has 0 unspecified atom stereocenters. The topological polar surface area (TPSA) is 117 Å². The van der Waals surface area contributed by atoms with Gasteiger partial charge in [-0.2, -0.15) is 0 Å². The van der Waals surface area contributed by atoms with E-state index in [1.54, 1.807) is 24.5 Å². The van der Waals surface area contributed by atoms with Gasteiger partial charge in [0, 0.05) is 29.1 Å². The zero-order valence-electron chi connectivity index (χ0n) is 26.8. The summed E-state index contributed by atoms with van der Waals surface area (Å²) in [6.07, 6.45) is 17.5. The normalized spacial score (nSPS) is 12.6. The lowest BCUT2D eigenvalue weighted by atomic mass is 10.1. The highest BCUT2D eigenvalue weighted by molar-refractivity contribution is 5.80. The monoisotopic (exact) mass is 611 g/mol. The predicted molar refractivity (Wildman–Crippen MR) is 184 cm³/mol. The van der Waals surface area contributed by atoms with Crippen LogP contribution in [0.2, 0.25) is 0 Å². The second-order valence-corrected chi connectivity index (χ2v) is 9.62. The van der Waals surface area contributed by atoms with E-state index in [1.165, 1.54) is 0 Å². The average molecular weight is 612 g/mol. The predicted octanol–water partition coefficient (Wildman–Crippen LogP) is 9.12. The summed E-state index contributed by atoms with van der Waals surface area (Å²) in [5.41, 5.74) is 6.15. The van der Waals surface area contributed by atoms with Gasteiger partial charge in [0.1, 0.15) is 5.69 Å². The lowest BCUT2D eigenvalue weighted by Crippen LogP contribution is -1.89. The molecule has 46 heavy (non-hydrogen) atoms. The van der Waals surface area contributed by atoms with E-state index in [2.05, 4.69) is 48.8 Å². The fourth-order valence-electron chi connectivity index (χ4n) is 4.18. The summed E-state index contributed by atoms with van der Waals surface area (Å²) in [7, 11) is 0. The van der Waals surface area contributed by atoms with Gasteiger partial charge in [0.2, 0.25) is 17.7 Å². The molecule has 5 rings (SSSR count). The first-order valence-corrected chi connectivity index (χ1v) is 15.1. The molecule has 0 spiro atoms. The maximum Gasteiger partial charge on any atom is 0.266 e. The molecule has 9 heteroatoms. The Morgan fingerprint density at radius 3 is 2.11 bits per heavy atom. The zero-order valence-corrected chi connectivity index (χ0v) is 26.8. The molecule has 5 aromatic rings. The Morgan fingerprint density at radius 2 is 1.41 bits per heavy atom. The highest BCUT2D eigenvalue weighted by Crippen LogP contribution is 2.26. The maximum atomic E-state index is 6.10. The first kappa shape index (κ1) is 33.1. The van der Waals surface area contributed by atoms with Crippen molar-refractivity contribution in [3.8, 4) is 23.0 Å². The average Bonchev–Trinajstić information content (AvgIpc) is 3.81. The molecule has 5 heterocycles. The molecule has 0 N–H and O–H groups in total. The minimum absolute atomic E-state index is 0.299. The van der Waals surface area contributed by atoms with Crippen LogP contribution in [0.4, 0.5) is 0 Å². The molecular weight excluding hydrogens is 574 g/mol. The number of rotatable bonds is 11.